The Labute approximate surface area is 111 Å². The molecule has 6 heteroatoms. The lowest BCUT2D eigenvalue weighted by atomic mass is 10.2. The summed E-state index contributed by atoms with van der Waals surface area (Å²) in [4.78, 5) is 4.20. The van der Waals surface area contributed by atoms with E-state index in [4.69, 9.17) is 0 Å². The fraction of sp³-hybridized carbons (Fsp3) is 0.250. The number of rotatable bonds is 4. The summed E-state index contributed by atoms with van der Waals surface area (Å²) in [6, 6.07) is 7.60. The Balaban J connectivity index is 2.20. The number of hydrogen-bond donors (Lipinski definition) is 1. The van der Waals surface area contributed by atoms with Crippen molar-refractivity contribution in [3.63, 3.8) is 0 Å². The number of aromatic nitrogens is 1. The maximum absolute atomic E-state index is 11.7. The van der Waals surface area contributed by atoms with Crippen molar-refractivity contribution in [2.45, 2.75) is 6.54 Å². The van der Waals surface area contributed by atoms with Crippen LogP contribution in [0.15, 0.2) is 39.5 Å². The third-order valence-electron chi connectivity index (χ3n) is 2.17. The minimum absolute atomic E-state index is 0.644. The standard InChI is InChI=1S/C12H15N3OS2/c1-18(2,16)15-12-6-4-3-5-11(12)13-7-10-8-17-9-14-10/h3-6,8-9,13H,7H2,1-2H3. The Morgan fingerprint density at radius 2 is 2.17 bits per heavy atom. The summed E-state index contributed by atoms with van der Waals surface area (Å²) in [6.07, 6.45) is 3.26. The number of benzene rings is 1. The van der Waals surface area contributed by atoms with Gasteiger partial charge < -0.3 is 5.32 Å². The lowest BCUT2D eigenvalue weighted by Crippen LogP contribution is -2.00. The summed E-state index contributed by atoms with van der Waals surface area (Å²) in [7, 11) is -2.15. The molecule has 1 N–H and O–H groups in total. The fourth-order valence-electron chi connectivity index (χ4n) is 1.45. The molecule has 0 bridgehead atoms. The molecule has 0 radical (unpaired) electrons. The third-order valence-corrected chi connectivity index (χ3v) is 3.44. The highest BCUT2D eigenvalue weighted by Gasteiger charge is 2.02. The highest BCUT2D eigenvalue weighted by molar-refractivity contribution is 7.92. The van der Waals surface area contributed by atoms with Crippen molar-refractivity contribution in [1.29, 1.82) is 0 Å². The topological polar surface area (TPSA) is 54.4 Å². The van der Waals surface area contributed by atoms with Crippen LogP contribution in [0.1, 0.15) is 5.69 Å². The summed E-state index contributed by atoms with van der Waals surface area (Å²) in [6.45, 7) is 0.644. The van der Waals surface area contributed by atoms with Crippen LogP contribution in [0.3, 0.4) is 0 Å². The van der Waals surface area contributed by atoms with Gasteiger partial charge in [0.25, 0.3) is 0 Å². The molecule has 0 aliphatic heterocycles. The van der Waals surface area contributed by atoms with Crippen LogP contribution in [0.2, 0.25) is 0 Å². The van der Waals surface area contributed by atoms with Gasteiger partial charge in [0.15, 0.2) is 0 Å². The van der Waals surface area contributed by atoms with E-state index in [-0.39, 0.29) is 0 Å². The number of hydrogen-bond acceptors (Lipinski definition) is 5. The first-order valence-corrected chi connectivity index (χ1v) is 8.69. The van der Waals surface area contributed by atoms with Crippen LogP contribution in [0.25, 0.3) is 0 Å². The van der Waals surface area contributed by atoms with Gasteiger partial charge in [-0.2, -0.15) is 4.36 Å². The zero-order valence-electron chi connectivity index (χ0n) is 10.3. The van der Waals surface area contributed by atoms with Crippen molar-refractivity contribution in [3.8, 4) is 0 Å². The van der Waals surface area contributed by atoms with Crippen LogP contribution in [-0.4, -0.2) is 21.7 Å². The van der Waals surface area contributed by atoms with Crippen LogP contribution in [0.4, 0.5) is 11.4 Å². The Hall–Kier alpha value is -1.40. The molecular formula is C12H15N3OS2. The van der Waals surface area contributed by atoms with Crippen molar-refractivity contribution in [1.82, 2.24) is 4.98 Å². The van der Waals surface area contributed by atoms with E-state index in [0.29, 0.717) is 6.54 Å². The van der Waals surface area contributed by atoms with E-state index in [1.165, 1.54) is 0 Å². The maximum Gasteiger partial charge on any atom is 0.0961 e. The summed E-state index contributed by atoms with van der Waals surface area (Å²) >= 11 is 1.57. The minimum atomic E-state index is -2.15. The van der Waals surface area contributed by atoms with Crippen LogP contribution in [-0.2, 0) is 16.3 Å². The highest BCUT2D eigenvalue weighted by atomic mass is 32.2. The fourth-order valence-corrected chi connectivity index (χ4v) is 2.64. The first-order valence-electron chi connectivity index (χ1n) is 5.42. The Kier molecular flexibility index (Phi) is 3.98. The van der Waals surface area contributed by atoms with Gasteiger partial charge >= 0.3 is 0 Å². The molecule has 4 nitrogen and oxygen atoms in total. The summed E-state index contributed by atoms with van der Waals surface area (Å²) in [5.41, 5.74) is 4.39. The molecule has 0 saturated carbocycles. The van der Waals surface area contributed by atoms with Crippen LogP contribution < -0.4 is 5.32 Å². The van der Waals surface area contributed by atoms with E-state index >= 15 is 0 Å². The van der Waals surface area contributed by atoms with Gasteiger partial charge in [-0.3, -0.25) is 0 Å². The van der Waals surface area contributed by atoms with Gasteiger partial charge in [0.05, 0.1) is 29.1 Å². The maximum atomic E-state index is 11.7. The Morgan fingerprint density at radius 1 is 1.39 bits per heavy atom. The summed E-state index contributed by atoms with van der Waals surface area (Å²) in [5, 5.41) is 5.26. The second-order valence-corrected chi connectivity index (χ2v) is 7.39. The number of thiazole rings is 1. The van der Waals surface area contributed by atoms with Crippen LogP contribution in [0.5, 0.6) is 0 Å². The molecular weight excluding hydrogens is 266 g/mol. The van der Waals surface area contributed by atoms with E-state index in [1.54, 1.807) is 29.4 Å². The van der Waals surface area contributed by atoms with Crippen LogP contribution >= 0.6 is 11.3 Å². The molecule has 0 unspecified atom stereocenters. The zero-order valence-corrected chi connectivity index (χ0v) is 11.9. The van der Waals surface area contributed by atoms with Gasteiger partial charge in [-0.1, -0.05) is 12.1 Å². The predicted octanol–water partition coefficient (Wildman–Crippen LogP) is 3.11. The minimum Gasteiger partial charge on any atom is -0.378 e. The zero-order chi connectivity index (χ0) is 13.0. The van der Waals surface area contributed by atoms with E-state index in [1.807, 2.05) is 29.6 Å². The molecule has 1 heterocycles. The average molecular weight is 281 g/mol. The largest absolute Gasteiger partial charge is 0.378 e. The second-order valence-electron chi connectivity index (χ2n) is 4.12. The first-order chi connectivity index (χ1) is 8.54. The number of para-hydroxylation sites is 1. The summed E-state index contributed by atoms with van der Waals surface area (Å²) in [5.74, 6) is 0. The monoisotopic (exact) mass is 281 g/mol. The van der Waals surface area contributed by atoms with E-state index < -0.39 is 9.73 Å². The van der Waals surface area contributed by atoms with Gasteiger partial charge in [0.2, 0.25) is 0 Å². The van der Waals surface area contributed by atoms with Crippen molar-refractivity contribution >= 4 is 32.4 Å². The molecule has 0 fully saturated rings. The Bertz CT molecular complexity index is 621. The van der Waals surface area contributed by atoms with Crippen molar-refractivity contribution in [2.75, 3.05) is 17.8 Å². The molecule has 0 saturated heterocycles. The van der Waals surface area contributed by atoms with Gasteiger partial charge in [-0.05, 0) is 12.1 Å². The molecule has 0 aliphatic rings. The average Bonchev–Trinajstić information content (AvgIpc) is 2.79. The smallest absolute Gasteiger partial charge is 0.0961 e. The molecule has 0 spiro atoms. The van der Waals surface area contributed by atoms with Crippen molar-refractivity contribution in [2.24, 2.45) is 4.36 Å². The second kappa shape index (κ2) is 5.49. The molecule has 1 aromatic heterocycles. The van der Waals surface area contributed by atoms with Crippen molar-refractivity contribution < 1.29 is 4.21 Å². The molecule has 2 aromatic rings. The lowest BCUT2D eigenvalue weighted by Gasteiger charge is -2.08. The van der Waals surface area contributed by atoms with Gasteiger partial charge in [-0.15, -0.1) is 11.3 Å². The highest BCUT2D eigenvalue weighted by Crippen LogP contribution is 2.25. The molecule has 2 rings (SSSR count). The third kappa shape index (κ3) is 3.82. The van der Waals surface area contributed by atoms with Crippen LogP contribution in [0, 0.1) is 0 Å². The SMILES string of the molecule is CS(C)(=O)=Nc1ccccc1NCc1cscn1. The number of nitrogens with one attached hydrogen (secondary N) is 1. The molecule has 0 atom stereocenters. The molecule has 0 amide bonds. The normalized spacial score (nSPS) is 11.2. The molecule has 18 heavy (non-hydrogen) atoms. The number of nitrogens with zero attached hydrogens (tertiary/aromatic N) is 2. The summed E-state index contributed by atoms with van der Waals surface area (Å²) < 4.78 is 16.0. The number of anilines is 1. The van der Waals surface area contributed by atoms with E-state index in [0.717, 1.165) is 17.1 Å². The van der Waals surface area contributed by atoms with Gasteiger partial charge in [0, 0.05) is 27.6 Å². The van der Waals surface area contributed by atoms with Gasteiger partial charge in [0.1, 0.15) is 0 Å². The molecule has 0 aliphatic carbocycles. The first kappa shape index (κ1) is 13.0. The Morgan fingerprint density at radius 3 is 2.83 bits per heavy atom. The van der Waals surface area contributed by atoms with Gasteiger partial charge in [-0.25, -0.2) is 9.19 Å². The van der Waals surface area contributed by atoms with E-state index in [2.05, 4.69) is 14.7 Å². The van der Waals surface area contributed by atoms with E-state index in [9.17, 15) is 4.21 Å². The molecule has 1 aromatic carbocycles. The van der Waals surface area contributed by atoms with Crippen molar-refractivity contribution in [3.05, 3.63) is 40.8 Å². The predicted molar refractivity (Wildman–Crippen MR) is 78.0 cm³/mol. The quantitative estimate of drug-likeness (QED) is 0.937. The molecule has 96 valence electrons. The lowest BCUT2D eigenvalue weighted by molar-refractivity contribution is 0.684.